The highest BCUT2D eigenvalue weighted by atomic mass is 35.5. The monoisotopic (exact) mass is 184 g/mol. The van der Waals surface area contributed by atoms with Gasteiger partial charge in [0.25, 0.3) is 0 Å². The molecule has 2 rings (SSSR count). The van der Waals surface area contributed by atoms with E-state index in [0.29, 0.717) is 17.0 Å². The third-order valence-corrected chi connectivity index (χ3v) is 1.93. The van der Waals surface area contributed by atoms with E-state index < -0.39 is 0 Å². The molecule has 5 heteroatoms. The van der Waals surface area contributed by atoms with E-state index >= 15 is 0 Å². The Morgan fingerprint density at radius 1 is 1.42 bits per heavy atom. The molecule has 1 fully saturated rings. The first-order valence-electron chi connectivity index (χ1n) is 3.79. The van der Waals surface area contributed by atoms with Crippen LogP contribution in [0.25, 0.3) is 0 Å². The molecule has 0 spiro atoms. The summed E-state index contributed by atoms with van der Waals surface area (Å²) in [4.78, 5) is 8.04. The van der Waals surface area contributed by atoms with E-state index in [4.69, 9.17) is 11.6 Å². The maximum Gasteiger partial charge on any atom is 0.222 e. The average Bonchev–Trinajstić information content (AvgIpc) is 2.00. The second-order valence-corrected chi connectivity index (χ2v) is 3.16. The molecule has 12 heavy (non-hydrogen) atoms. The topological polar surface area (TPSA) is 49.8 Å². The van der Waals surface area contributed by atoms with Crippen molar-refractivity contribution in [1.29, 1.82) is 0 Å². The minimum absolute atomic E-state index is 0.464. The average molecular weight is 185 g/mol. The third kappa shape index (κ3) is 1.65. The summed E-state index contributed by atoms with van der Waals surface area (Å²) in [6.45, 7) is 1.96. The lowest BCUT2D eigenvalue weighted by atomic mass is 10.2. The Balaban J connectivity index is 1.98. The Morgan fingerprint density at radius 2 is 2.08 bits per heavy atom. The van der Waals surface area contributed by atoms with Gasteiger partial charge in [-0.2, -0.15) is 0 Å². The predicted molar refractivity (Wildman–Crippen MR) is 47.3 cm³/mol. The molecule has 0 aliphatic carbocycles. The summed E-state index contributed by atoms with van der Waals surface area (Å²) in [5, 5.41) is 6.87. The van der Waals surface area contributed by atoms with Crippen LogP contribution in [0, 0.1) is 0 Å². The fourth-order valence-electron chi connectivity index (χ4n) is 0.960. The highest BCUT2D eigenvalue weighted by Gasteiger charge is 2.16. The van der Waals surface area contributed by atoms with Crippen LogP contribution >= 0.6 is 11.6 Å². The third-order valence-electron chi connectivity index (χ3n) is 1.74. The van der Waals surface area contributed by atoms with Gasteiger partial charge < -0.3 is 10.6 Å². The van der Waals surface area contributed by atoms with E-state index in [1.165, 1.54) is 0 Å². The van der Waals surface area contributed by atoms with Gasteiger partial charge in [-0.25, -0.2) is 9.97 Å². The molecule has 1 aromatic rings. The maximum atomic E-state index is 5.63. The normalized spacial score (nSPS) is 17.1. The van der Waals surface area contributed by atoms with Gasteiger partial charge in [0.2, 0.25) is 5.95 Å². The first-order valence-corrected chi connectivity index (χ1v) is 4.17. The summed E-state index contributed by atoms with van der Waals surface area (Å²) in [7, 11) is 0. The van der Waals surface area contributed by atoms with Gasteiger partial charge in [0.15, 0.2) is 0 Å². The molecule has 64 valence electrons. The van der Waals surface area contributed by atoms with Crippen LogP contribution in [-0.2, 0) is 0 Å². The van der Waals surface area contributed by atoms with Gasteiger partial charge in [-0.3, -0.25) is 0 Å². The van der Waals surface area contributed by atoms with Crippen molar-refractivity contribution in [2.75, 3.05) is 18.4 Å². The number of hydrogen-bond acceptors (Lipinski definition) is 4. The van der Waals surface area contributed by atoms with Crippen molar-refractivity contribution in [2.24, 2.45) is 0 Å². The second-order valence-electron chi connectivity index (χ2n) is 2.72. The zero-order chi connectivity index (χ0) is 8.39. The van der Waals surface area contributed by atoms with E-state index in [1.807, 2.05) is 0 Å². The molecule has 0 bridgehead atoms. The van der Waals surface area contributed by atoms with E-state index in [9.17, 15) is 0 Å². The van der Waals surface area contributed by atoms with Crippen LogP contribution in [-0.4, -0.2) is 29.1 Å². The summed E-state index contributed by atoms with van der Waals surface area (Å²) >= 11 is 5.63. The molecule has 4 nitrogen and oxygen atoms in total. The fourth-order valence-corrected chi connectivity index (χ4v) is 1.06. The zero-order valence-electron chi connectivity index (χ0n) is 6.42. The van der Waals surface area contributed by atoms with Crippen molar-refractivity contribution in [1.82, 2.24) is 15.3 Å². The smallest absolute Gasteiger partial charge is 0.222 e. The van der Waals surface area contributed by atoms with Gasteiger partial charge >= 0.3 is 0 Å². The van der Waals surface area contributed by atoms with Gasteiger partial charge in [-0.05, 0) is 0 Å². The van der Waals surface area contributed by atoms with Crippen molar-refractivity contribution in [3.05, 3.63) is 17.4 Å². The molecule has 0 saturated carbocycles. The zero-order valence-corrected chi connectivity index (χ0v) is 7.17. The quantitative estimate of drug-likeness (QED) is 0.704. The van der Waals surface area contributed by atoms with Crippen LogP contribution < -0.4 is 10.6 Å². The Morgan fingerprint density at radius 3 is 2.58 bits per heavy atom. The molecule has 0 amide bonds. The number of nitrogens with one attached hydrogen (secondary N) is 2. The van der Waals surface area contributed by atoms with Gasteiger partial charge in [0.05, 0.1) is 23.5 Å². The second kappa shape index (κ2) is 3.25. The standard InChI is InChI=1S/C7H9ClN4/c8-5-1-10-7(11-2-5)12-6-3-9-4-6/h1-2,6,9H,3-4H2,(H,10,11,12). The molecule has 1 aliphatic heterocycles. The fraction of sp³-hybridized carbons (Fsp3) is 0.429. The molecule has 1 saturated heterocycles. The van der Waals surface area contributed by atoms with Crippen molar-refractivity contribution in [3.63, 3.8) is 0 Å². The predicted octanol–water partition coefficient (Wildman–Crippen LogP) is 0.514. The van der Waals surface area contributed by atoms with Crippen molar-refractivity contribution < 1.29 is 0 Å². The summed E-state index contributed by atoms with van der Waals surface area (Å²) in [6.07, 6.45) is 3.17. The number of halogens is 1. The molecule has 2 heterocycles. The van der Waals surface area contributed by atoms with Crippen LogP contribution in [0.5, 0.6) is 0 Å². The van der Waals surface area contributed by atoms with E-state index in [0.717, 1.165) is 13.1 Å². The number of rotatable bonds is 2. The highest BCUT2D eigenvalue weighted by molar-refractivity contribution is 6.30. The lowest BCUT2D eigenvalue weighted by molar-refractivity contribution is 0.469. The van der Waals surface area contributed by atoms with Crippen LogP contribution in [0.2, 0.25) is 5.02 Å². The molecule has 1 aromatic heterocycles. The molecule has 0 atom stereocenters. The molecule has 0 unspecified atom stereocenters. The first-order chi connectivity index (χ1) is 5.84. The Bertz CT molecular complexity index is 257. The first kappa shape index (κ1) is 7.76. The Labute approximate surface area is 75.4 Å². The minimum atomic E-state index is 0.464. The van der Waals surface area contributed by atoms with Crippen LogP contribution in [0.4, 0.5) is 5.95 Å². The van der Waals surface area contributed by atoms with Crippen LogP contribution in [0.3, 0.4) is 0 Å². The van der Waals surface area contributed by atoms with Crippen LogP contribution in [0.1, 0.15) is 0 Å². The number of anilines is 1. The summed E-state index contributed by atoms with van der Waals surface area (Å²) in [6, 6.07) is 0.464. The van der Waals surface area contributed by atoms with Crippen molar-refractivity contribution >= 4 is 17.5 Å². The molecule has 2 N–H and O–H groups in total. The van der Waals surface area contributed by atoms with Crippen molar-refractivity contribution in [2.45, 2.75) is 6.04 Å². The Kier molecular flexibility index (Phi) is 2.10. The lowest BCUT2D eigenvalue weighted by Gasteiger charge is -2.27. The number of hydrogen-bond donors (Lipinski definition) is 2. The van der Waals surface area contributed by atoms with Gasteiger partial charge in [0, 0.05) is 13.1 Å². The number of nitrogens with zero attached hydrogens (tertiary/aromatic N) is 2. The molecule has 1 aliphatic rings. The highest BCUT2D eigenvalue weighted by Crippen LogP contribution is 2.07. The van der Waals surface area contributed by atoms with Crippen LogP contribution in [0.15, 0.2) is 12.4 Å². The molecular weight excluding hydrogens is 176 g/mol. The SMILES string of the molecule is Clc1cnc(NC2CNC2)nc1. The summed E-state index contributed by atoms with van der Waals surface area (Å²) < 4.78 is 0. The minimum Gasteiger partial charge on any atom is -0.349 e. The largest absolute Gasteiger partial charge is 0.349 e. The van der Waals surface area contributed by atoms with Gasteiger partial charge in [-0.15, -0.1) is 0 Å². The van der Waals surface area contributed by atoms with Crippen molar-refractivity contribution in [3.8, 4) is 0 Å². The summed E-state index contributed by atoms with van der Waals surface area (Å²) in [5.41, 5.74) is 0. The van der Waals surface area contributed by atoms with E-state index in [2.05, 4.69) is 20.6 Å². The molecule has 0 radical (unpaired) electrons. The Hall–Kier alpha value is -0.870. The van der Waals surface area contributed by atoms with Gasteiger partial charge in [-0.1, -0.05) is 11.6 Å². The van der Waals surface area contributed by atoms with E-state index in [1.54, 1.807) is 12.4 Å². The van der Waals surface area contributed by atoms with E-state index in [-0.39, 0.29) is 0 Å². The molecule has 0 aromatic carbocycles. The summed E-state index contributed by atoms with van der Waals surface area (Å²) in [5.74, 6) is 0.644. The lowest BCUT2D eigenvalue weighted by Crippen LogP contribution is -2.51. The molecular formula is C7H9ClN4. The van der Waals surface area contributed by atoms with Gasteiger partial charge in [0.1, 0.15) is 0 Å². The number of aromatic nitrogens is 2. The maximum absolute atomic E-state index is 5.63.